The summed E-state index contributed by atoms with van der Waals surface area (Å²) < 4.78 is 42.7. The highest BCUT2D eigenvalue weighted by molar-refractivity contribution is 5.93. The number of rotatable bonds is 5. The first kappa shape index (κ1) is 23.6. The van der Waals surface area contributed by atoms with Gasteiger partial charge >= 0.3 is 12.1 Å². The maximum atomic E-state index is 12.4. The Morgan fingerprint density at radius 3 is 2.42 bits per heavy atom. The SMILES string of the molecule is CN1CC2(CCN(C(=O)c3ccoc3)CC2)CC1COCC1CC1.O=C(O)C(F)(F)F. The van der Waals surface area contributed by atoms with Crippen molar-refractivity contribution in [1.82, 2.24) is 9.80 Å². The fourth-order valence-electron chi connectivity index (χ4n) is 4.33. The number of carboxylic acid groups (broad SMARTS) is 1. The fourth-order valence-corrected chi connectivity index (χ4v) is 4.33. The molecular weight excluding hydrogens is 417 g/mol. The van der Waals surface area contributed by atoms with Crippen molar-refractivity contribution in [2.24, 2.45) is 11.3 Å². The van der Waals surface area contributed by atoms with Crippen molar-refractivity contribution in [3.63, 3.8) is 0 Å². The zero-order valence-electron chi connectivity index (χ0n) is 17.6. The molecule has 0 bridgehead atoms. The van der Waals surface area contributed by atoms with Gasteiger partial charge in [0.2, 0.25) is 0 Å². The Morgan fingerprint density at radius 2 is 1.90 bits per heavy atom. The minimum absolute atomic E-state index is 0.106. The van der Waals surface area contributed by atoms with E-state index in [0.717, 1.165) is 51.6 Å². The lowest BCUT2D eigenvalue weighted by atomic mass is 9.76. The topological polar surface area (TPSA) is 83.2 Å². The number of hydrogen-bond acceptors (Lipinski definition) is 5. The third kappa shape index (κ3) is 6.46. The standard InChI is InChI=1S/C19H28N2O3.C2HF3O2/c1-20-14-19(10-17(20)13-24-11-15-2-3-15)5-7-21(8-6-19)18(22)16-4-9-23-12-16;3-2(4,5)1(6)7/h4,9,12,15,17H,2-3,5-8,10-11,13-14H2,1H3;(H,6,7). The summed E-state index contributed by atoms with van der Waals surface area (Å²) in [6.45, 7) is 4.66. The summed E-state index contributed by atoms with van der Waals surface area (Å²) >= 11 is 0. The maximum absolute atomic E-state index is 12.4. The molecule has 1 aliphatic carbocycles. The van der Waals surface area contributed by atoms with Crippen LogP contribution >= 0.6 is 0 Å². The number of ether oxygens (including phenoxy) is 1. The molecule has 2 saturated heterocycles. The number of piperidine rings is 1. The summed E-state index contributed by atoms with van der Waals surface area (Å²) in [4.78, 5) is 25.8. The number of carbonyl (C=O) groups excluding carboxylic acids is 1. The molecule has 1 amide bonds. The van der Waals surface area contributed by atoms with Gasteiger partial charge in [-0.15, -0.1) is 0 Å². The number of hydrogen-bond donors (Lipinski definition) is 1. The summed E-state index contributed by atoms with van der Waals surface area (Å²) in [5.41, 5.74) is 1.04. The third-order valence-electron chi connectivity index (χ3n) is 6.36. The molecule has 7 nitrogen and oxygen atoms in total. The normalized spacial score (nSPS) is 23.5. The van der Waals surface area contributed by atoms with Crippen LogP contribution < -0.4 is 0 Å². The van der Waals surface area contributed by atoms with Gasteiger partial charge in [-0.1, -0.05) is 0 Å². The number of amides is 1. The number of furan rings is 1. The van der Waals surface area contributed by atoms with Crippen molar-refractivity contribution in [3.8, 4) is 0 Å². The van der Waals surface area contributed by atoms with E-state index in [-0.39, 0.29) is 5.91 Å². The van der Waals surface area contributed by atoms with Crippen LogP contribution in [-0.2, 0) is 9.53 Å². The van der Waals surface area contributed by atoms with E-state index >= 15 is 0 Å². The van der Waals surface area contributed by atoms with Crippen LogP contribution in [-0.4, -0.2) is 78.9 Å². The molecule has 174 valence electrons. The zero-order valence-corrected chi connectivity index (χ0v) is 17.6. The quantitative estimate of drug-likeness (QED) is 0.748. The Balaban J connectivity index is 0.000000339. The van der Waals surface area contributed by atoms with E-state index < -0.39 is 12.1 Å². The predicted octanol–water partition coefficient (Wildman–Crippen LogP) is 3.27. The summed E-state index contributed by atoms with van der Waals surface area (Å²) in [6, 6.07) is 2.29. The smallest absolute Gasteiger partial charge is 0.475 e. The number of alkyl halides is 3. The molecule has 10 heteroatoms. The minimum atomic E-state index is -5.08. The molecule has 1 aromatic heterocycles. The van der Waals surface area contributed by atoms with Gasteiger partial charge in [0.25, 0.3) is 5.91 Å². The zero-order chi connectivity index (χ0) is 22.6. The number of aliphatic carboxylic acids is 1. The van der Waals surface area contributed by atoms with E-state index in [0.29, 0.717) is 17.0 Å². The lowest BCUT2D eigenvalue weighted by Crippen LogP contribution is -2.44. The van der Waals surface area contributed by atoms with Gasteiger partial charge in [0.1, 0.15) is 6.26 Å². The van der Waals surface area contributed by atoms with Crippen LogP contribution in [0, 0.1) is 11.3 Å². The average molecular weight is 446 g/mol. The van der Waals surface area contributed by atoms with Gasteiger partial charge in [0, 0.05) is 32.3 Å². The molecule has 4 rings (SSSR count). The second-order valence-electron chi connectivity index (χ2n) is 8.86. The van der Waals surface area contributed by atoms with Crippen LogP contribution in [0.5, 0.6) is 0 Å². The molecule has 0 radical (unpaired) electrons. The maximum Gasteiger partial charge on any atom is 0.490 e. The Hall–Kier alpha value is -2.07. The lowest BCUT2D eigenvalue weighted by molar-refractivity contribution is -0.192. The van der Waals surface area contributed by atoms with Crippen molar-refractivity contribution >= 4 is 11.9 Å². The van der Waals surface area contributed by atoms with E-state index in [1.807, 2.05) is 4.90 Å². The average Bonchev–Trinajstić information content (AvgIpc) is 3.26. The highest BCUT2D eigenvalue weighted by atomic mass is 19.4. The fraction of sp³-hybridized carbons (Fsp3) is 0.714. The molecule has 1 saturated carbocycles. The van der Waals surface area contributed by atoms with Gasteiger partial charge in [-0.05, 0) is 56.6 Å². The number of nitrogens with zero attached hydrogens (tertiary/aromatic N) is 2. The molecule has 1 aromatic rings. The minimum Gasteiger partial charge on any atom is -0.475 e. The Labute approximate surface area is 179 Å². The van der Waals surface area contributed by atoms with Crippen molar-refractivity contribution < 1.29 is 37.0 Å². The molecule has 0 aromatic carbocycles. The van der Waals surface area contributed by atoms with Crippen LogP contribution in [0.2, 0.25) is 0 Å². The first-order valence-electron chi connectivity index (χ1n) is 10.5. The van der Waals surface area contributed by atoms with E-state index in [1.54, 1.807) is 18.6 Å². The van der Waals surface area contributed by atoms with Crippen LogP contribution in [0.25, 0.3) is 0 Å². The van der Waals surface area contributed by atoms with Gasteiger partial charge in [0.05, 0.1) is 18.4 Å². The second-order valence-corrected chi connectivity index (χ2v) is 8.86. The molecule has 31 heavy (non-hydrogen) atoms. The Morgan fingerprint density at radius 1 is 1.26 bits per heavy atom. The molecule has 1 N–H and O–H groups in total. The molecular formula is C21H29F3N2O5. The Kier molecular flexibility index (Phi) is 7.31. The molecule has 1 spiro atoms. The second kappa shape index (κ2) is 9.60. The summed E-state index contributed by atoms with van der Waals surface area (Å²) in [7, 11) is 2.23. The van der Waals surface area contributed by atoms with E-state index in [1.165, 1.54) is 19.3 Å². The van der Waals surface area contributed by atoms with Gasteiger partial charge in [-0.2, -0.15) is 13.2 Å². The summed E-state index contributed by atoms with van der Waals surface area (Å²) in [5, 5.41) is 7.12. The van der Waals surface area contributed by atoms with Crippen molar-refractivity contribution in [2.45, 2.75) is 44.3 Å². The number of halogens is 3. The molecule has 2 aliphatic heterocycles. The number of likely N-dealkylation sites (N-methyl/N-ethyl adjacent to an activating group) is 1. The molecule has 1 unspecified atom stereocenters. The lowest BCUT2D eigenvalue weighted by Gasteiger charge is -2.39. The van der Waals surface area contributed by atoms with Crippen molar-refractivity contribution in [2.75, 3.05) is 39.9 Å². The van der Waals surface area contributed by atoms with Crippen LogP contribution in [0.3, 0.4) is 0 Å². The van der Waals surface area contributed by atoms with E-state index in [9.17, 15) is 18.0 Å². The summed E-state index contributed by atoms with van der Waals surface area (Å²) in [6.07, 6.45) is 4.14. The van der Waals surface area contributed by atoms with Crippen LogP contribution in [0.4, 0.5) is 13.2 Å². The van der Waals surface area contributed by atoms with Gasteiger partial charge < -0.3 is 24.1 Å². The molecule has 3 fully saturated rings. The third-order valence-corrected chi connectivity index (χ3v) is 6.36. The number of carbonyl (C=O) groups is 2. The number of likely N-dealkylation sites (tertiary alicyclic amines) is 2. The molecule has 3 aliphatic rings. The molecule has 3 heterocycles. The van der Waals surface area contributed by atoms with Crippen molar-refractivity contribution in [3.05, 3.63) is 24.2 Å². The van der Waals surface area contributed by atoms with Crippen molar-refractivity contribution in [1.29, 1.82) is 0 Å². The first-order valence-corrected chi connectivity index (χ1v) is 10.5. The van der Waals surface area contributed by atoms with Gasteiger partial charge in [0.15, 0.2) is 0 Å². The van der Waals surface area contributed by atoms with E-state index in [2.05, 4.69) is 11.9 Å². The summed E-state index contributed by atoms with van der Waals surface area (Å²) in [5.74, 6) is -1.82. The number of carboxylic acids is 1. The van der Waals surface area contributed by atoms with Gasteiger partial charge in [-0.3, -0.25) is 4.79 Å². The van der Waals surface area contributed by atoms with Crippen LogP contribution in [0.15, 0.2) is 23.0 Å². The first-order chi connectivity index (χ1) is 14.6. The predicted molar refractivity (Wildman–Crippen MR) is 105 cm³/mol. The van der Waals surface area contributed by atoms with E-state index in [4.69, 9.17) is 19.1 Å². The van der Waals surface area contributed by atoms with Crippen LogP contribution in [0.1, 0.15) is 42.5 Å². The van der Waals surface area contributed by atoms with Gasteiger partial charge in [-0.25, -0.2) is 4.79 Å². The Bertz CT molecular complexity index is 741. The highest BCUT2D eigenvalue weighted by Gasteiger charge is 2.45. The highest BCUT2D eigenvalue weighted by Crippen LogP contribution is 2.43. The monoisotopic (exact) mass is 446 g/mol. The molecule has 1 atom stereocenters. The largest absolute Gasteiger partial charge is 0.490 e.